The molecule has 0 aromatic rings. The number of unbranched alkanes of at least 4 members (excludes halogenated alkanes) is 7. The van der Waals surface area contributed by atoms with Crippen molar-refractivity contribution >= 4 is 6.21 Å². The number of nitrogens with zero attached hydrogens (tertiary/aromatic N) is 2. The minimum atomic E-state index is 0.639. The first-order valence-corrected chi connectivity index (χ1v) is 9.67. The first kappa shape index (κ1) is 21.9. The van der Waals surface area contributed by atoms with E-state index >= 15 is 0 Å². The van der Waals surface area contributed by atoms with Crippen molar-refractivity contribution in [3.05, 3.63) is 24.6 Å². The molecule has 23 heavy (non-hydrogen) atoms. The standard InChI is InChI=1S/C21H40N2/c1-6-9-11-13-15-17-20(16-14-12-10-7-2)21(18-22-8-3)19-23(4)5/h8,18-20H,3,6-7,9-17H2,1-2,4-5H3/b21-19+,22-18?. The second kappa shape index (κ2) is 15.8. The summed E-state index contributed by atoms with van der Waals surface area (Å²) < 4.78 is 0. The van der Waals surface area contributed by atoms with Gasteiger partial charge in [0.2, 0.25) is 0 Å². The van der Waals surface area contributed by atoms with E-state index in [-0.39, 0.29) is 0 Å². The van der Waals surface area contributed by atoms with E-state index in [0.29, 0.717) is 5.92 Å². The van der Waals surface area contributed by atoms with E-state index in [1.54, 1.807) is 6.20 Å². The van der Waals surface area contributed by atoms with Gasteiger partial charge in [-0.3, -0.25) is 4.99 Å². The fraction of sp³-hybridized carbons (Fsp3) is 0.762. The minimum absolute atomic E-state index is 0.639. The molecular formula is C21H40N2. The Morgan fingerprint density at radius 3 is 1.91 bits per heavy atom. The lowest BCUT2D eigenvalue weighted by Crippen LogP contribution is -2.11. The van der Waals surface area contributed by atoms with Crippen molar-refractivity contribution in [3.63, 3.8) is 0 Å². The van der Waals surface area contributed by atoms with E-state index < -0.39 is 0 Å². The van der Waals surface area contributed by atoms with Crippen LogP contribution in [-0.4, -0.2) is 25.2 Å². The lowest BCUT2D eigenvalue weighted by Gasteiger charge is -2.20. The predicted octanol–water partition coefficient (Wildman–Crippen LogP) is 6.59. The van der Waals surface area contributed by atoms with Crippen molar-refractivity contribution in [2.24, 2.45) is 10.9 Å². The van der Waals surface area contributed by atoms with Crippen LogP contribution in [0.2, 0.25) is 0 Å². The number of hydrogen-bond donors (Lipinski definition) is 0. The van der Waals surface area contributed by atoms with E-state index in [4.69, 9.17) is 0 Å². The van der Waals surface area contributed by atoms with E-state index in [1.165, 1.54) is 76.2 Å². The third-order valence-corrected chi connectivity index (χ3v) is 4.27. The fourth-order valence-electron chi connectivity index (χ4n) is 2.97. The maximum atomic E-state index is 4.29. The predicted molar refractivity (Wildman–Crippen MR) is 106 cm³/mol. The van der Waals surface area contributed by atoms with Crippen LogP contribution in [0.25, 0.3) is 0 Å². The van der Waals surface area contributed by atoms with Gasteiger partial charge in [0.25, 0.3) is 0 Å². The summed E-state index contributed by atoms with van der Waals surface area (Å²) in [6, 6.07) is 0. The Hall–Kier alpha value is -1.05. The Morgan fingerprint density at radius 2 is 1.43 bits per heavy atom. The Kier molecular flexibility index (Phi) is 15.1. The quantitative estimate of drug-likeness (QED) is 0.245. The van der Waals surface area contributed by atoms with Crippen LogP contribution in [0.3, 0.4) is 0 Å². The molecule has 0 fully saturated rings. The molecule has 2 heteroatoms. The summed E-state index contributed by atoms with van der Waals surface area (Å²) in [6.45, 7) is 8.27. The normalized spacial score (nSPS) is 13.5. The molecule has 0 aliphatic carbocycles. The highest BCUT2D eigenvalue weighted by molar-refractivity contribution is 5.79. The molecule has 0 aliphatic heterocycles. The third kappa shape index (κ3) is 13.1. The first-order valence-electron chi connectivity index (χ1n) is 9.67. The van der Waals surface area contributed by atoms with Gasteiger partial charge in [-0.2, -0.15) is 0 Å². The monoisotopic (exact) mass is 320 g/mol. The first-order chi connectivity index (χ1) is 11.2. The topological polar surface area (TPSA) is 15.6 Å². The number of hydrogen-bond acceptors (Lipinski definition) is 2. The molecule has 134 valence electrons. The Bertz CT molecular complexity index is 329. The highest BCUT2D eigenvalue weighted by Crippen LogP contribution is 2.25. The van der Waals surface area contributed by atoms with Crippen molar-refractivity contribution < 1.29 is 0 Å². The minimum Gasteiger partial charge on any atom is -0.383 e. The molecule has 0 amide bonds. The van der Waals surface area contributed by atoms with E-state index in [0.717, 1.165) is 0 Å². The molecule has 0 bridgehead atoms. The zero-order valence-corrected chi connectivity index (χ0v) is 16.2. The SMILES string of the molecule is C=CN=C/C(=C\N(C)C)C(CCCCCC)CCCCCCC. The Labute approximate surface area is 145 Å². The lowest BCUT2D eigenvalue weighted by atomic mass is 9.88. The van der Waals surface area contributed by atoms with Crippen LogP contribution in [0.15, 0.2) is 29.5 Å². The summed E-state index contributed by atoms with van der Waals surface area (Å²) in [5, 5.41) is 0. The lowest BCUT2D eigenvalue weighted by molar-refractivity contribution is 0.453. The zero-order chi connectivity index (χ0) is 17.3. The second-order valence-corrected chi connectivity index (χ2v) is 6.80. The Balaban J connectivity index is 4.67. The van der Waals surface area contributed by atoms with Gasteiger partial charge in [-0.25, -0.2) is 0 Å². The van der Waals surface area contributed by atoms with Crippen LogP contribution in [-0.2, 0) is 0 Å². The summed E-state index contributed by atoms with van der Waals surface area (Å²) >= 11 is 0. The van der Waals surface area contributed by atoms with Gasteiger partial charge >= 0.3 is 0 Å². The third-order valence-electron chi connectivity index (χ3n) is 4.27. The van der Waals surface area contributed by atoms with Crippen LogP contribution in [0, 0.1) is 5.92 Å². The summed E-state index contributed by atoms with van der Waals surface area (Å²) in [6.07, 6.45) is 20.6. The Morgan fingerprint density at radius 1 is 0.913 bits per heavy atom. The second-order valence-electron chi connectivity index (χ2n) is 6.80. The molecule has 0 aromatic heterocycles. The highest BCUT2D eigenvalue weighted by Gasteiger charge is 2.13. The molecule has 0 spiro atoms. The van der Waals surface area contributed by atoms with E-state index in [2.05, 4.69) is 50.6 Å². The van der Waals surface area contributed by atoms with E-state index in [1.807, 2.05) is 6.21 Å². The van der Waals surface area contributed by atoms with Gasteiger partial charge in [0.05, 0.1) is 0 Å². The highest BCUT2D eigenvalue weighted by atomic mass is 15.0. The summed E-state index contributed by atoms with van der Waals surface area (Å²) in [4.78, 5) is 6.43. The molecule has 0 radical (unpaired) electrons. The zero-order valence-electron chi connectivity index (χ0n) is 16.2. The van der Waals surface area contributed by atoms with Gasteiger partial charge in [-0.05, 0) is 24.3 Å². The molecular weight excluding hydrogens is 280 g/mol. The largest absolute Gasteiger partial charge is 0.383 e. The maximum absolute atomic E-state index is 4.29. The van der Waals surface area contributed by atoms with E-state index in [9.17, 15) is 0 Å². The molecule has 0 aliphatic rings. The van der Waals surface area contributed by atoms with Crippen molar-refractivity contribution in [3.8, 4) is 0 Å². The average Bonchev–Trinajstić information content (AvgIpc) is 2.53. The van der Waals surface area contributed by atoms with Crippen LogP contribution < -0.4 is 0 Å². The van der Waals surface area contributed by atoms with Crippen molar-refractivity contribution in [2.75, 3.05) is 14.1 Å². The molecule has 2 nitrogen and oxygen atoms in total. The number of aliphatic imine (C=N–C) groups is 1. The summed E-state index contributed by atoms with van der Waals surface area (Å²) in [5.74, 6) is 0.639. The molecule has 1 unspecified atom stereocenters. The van der Waals surface area contributed by atoms with Crippen LogP contribution in [0.4, 0.5) is 0 Å². The average molecular weight is 321 g/mol. The van der Waals surface area contributed by atoms with Gasteiger partial charge in [0, 0.05) is 32.7 Å². The van der Waals surface area contributed by atoms with Gasteiger partial charge in [0.1, 0.15) is 0 Å². The summed E-state index contributed by atoms with van der Waals surface area (Å²) in [5.41, 5.74) is 1.36. The number of rotatable bonds is 15. The van der Waals surface area contributed by atoms with Crippen molar-refractivity contribution in [1.29, 1.82) is 0 Å². The molecule has 1 atom stereocenters. The van der Waals surface area contributed by atoms with Gasteiger partial charge in [-0.1, -0.05) is 78.2 Å². The van der Waals surface area contributed by atoms with Crippen molar-refractivity contribution in [1.82, 2.24) is 4.90 Å². The van der Waals surface area contributed by atoms with Gasteiger partial charge in [-0.15, -0.1) is 0 Å². The van der Waals surface area contributed by atoms with Gasteiger partial charge in [0.15, 0.2) is 0 Å². The van der Waals surface area contributed by atoms with Crippen LogP contribution >= 0.6 is 0 Å². The molecule has 0 heterocycles. The van der Waals surface area contributed by atoms with Crippen LogP contribution in [0.5, 0.6) is 0 Å². The molecule has 0 saturated heterocycles. The maximum Gasteiger partial charge on any atom is 0.0316 e. The molecule has 0 N–H and O–H groups in total. The van der Waals surface area contributed by atoms with Crippen molar-refractivity contribution in [2.45, 2.75) is 84.5 Å². The van der Waals surface area contributed by atoms with Gasteiger partial charge < -0.3 is 4.90 Å². The summed E-state index contributed by atoms with van der Waals surface area (Å²) in [7, 11) is 4.19. The smallest absolute Gasteiger partial charge is 0.0316 e. The van der Waals surface area contributed by atoms with Crippen LogP contribution in [0.1, 0.15) is 84.5 Å². The number of allylic oxidation sites excluding steroid dienone is 1. The molecule has 0 rings (SSSR count). The fourth-order valence-corrected chi connectivity index (χ4v) is 2.97. The molecule has 0 saturated carbocycles. The molecule has 0 aromatic carbocycles.